The van der Waals surface area contributed by atoms with Gasteiger partial charge in [-0.15, -0.1) is 0 Å². The van der Waals surface area contributed by atoms with Crippen molar-refractivity contribution in [3.63, 3.8) is 0 Å². The lowest BCUT2D eigenvalue weighted by Crippen LogP contribution is -2.32. The van der Waals surface area contributed by atoms with Gasteiger partial charge < -0.3 is 19.5 Å². The van der Waals surface area contributed by atoms with Crippen molar-refractivity contribution in [3.05, 3.63) is 35.7 Å². The molecular weight excluding hydrogens is 284 g/mol. The third kappa shape index (κ3) is 4.08. The highest BCUT2D eigenvalue weighted by molar-refractivity contribution is 6.02. The van der Waals surface area contributed by atoms with E-state index in [4.69, 9.17) is 14.2 Å². The Morgan fingerprint density at radius 2 is 1.95 bits per heavy atom. The van der Waals surface area contributed by atoms with Gasteiger partial charge >= 0.3 is 0 Å². The standard InChI is InChI=1S/C16H20N2O4/c1-11(19)8-17-14-9-22-10-15(16(14)21-3)18-12-4-6-13(20-2)7-5-12/h4-7,17H,8-10H2,1-3H3/b18-15+. The number of nitrogens with one attached hydrogen (secondary N) is 1. The van der Waals surface area contributed by atoms with E-state index in [0.29, 0.717) is 24.7 Å². The van der Waals surface area contributed by atoms with E-state index in [1.165, 1.54) is 6.92 Å². The summed E-state index contributed by atoms with van der Waals surface area (Å²) in [5.74, 6) is 1.45. The van der Waals surface area contributed by atoms with Gasteiger partial charge in [0.1, 0.15) is 17.2 Å². The van der Waals surface area contributed by atoms with Crippen molar-refractivity contribution in [2.24, 2.45) is 4.99 Å². The highest BCUT2D eigenvalue weighted by Crippen LogP contribution is 2.21. The van der Waals surface area contributed by atoms with E-state index < -0.39 is 0 Å². The summed E-state index contributed by atoms with van der Waals surface area (Å²) in [7, 11) is 3.20. The van der Waals surface area contributed by atoms with E-state index in [9.17, 15) is 4.79 Å². The molecule has 1 aromatic carbocycles. The SMILES string of the molecule is COC1=C(NCC(C)=O)COC/C1=N\c1ccc(OC)cc1. The summed E-state index contributed by atoms with van der Waals surface area (Å²) >= 11 is 0. The van der Waals surface area contributed by atoms with Gasteiger partial charge in [-0.3, -0.25) is 4.79 Å². The molecule has 0 saturated heterocycles. The molecule has 0 bridgehead atoms. The van der Waals surface area contributed by atoms with E-state index in [1.54, 1.807) is 14.2 Å². The van der Waals surface area contributed by atoms with Crippen molar-refractivity contribution in [3.8, 4) is 5.75 Å². The van der Waals surface area contributed by atoms with Gasteiger partial charge in [0.2, 0.25) is 0 Å². The molecular formula is C16H20N2O4. The van der Waals surface area contributed by atoms with Crippen LogP contribution in [0.4, 0.5) is 5.69 Å². The minimum atomic E-state index is 0.0437. The summed E-state index contributed by atoms with van der Waals surface area (Å²) in [6.45, 7) is 2.50. The summed E-state index contributed by atoms with van der Waals surface area (Å²) < 4.78 is 16.1. The average Bonchev–Trinajstić information content (AvgIpc) is 2.53. The quantitative estimate of drug-likeness (QED) is 0.868. The van der Waals surface area contributed by atoms with Crippen LogP contribution in [0.5, 0.6) is 5.75 Å². The molecule has 0 unspecified atom stereocenters. The molecule has 0 aromatic heterocycles. The zero-order valence-corrected chi connectivity index (χ0v) is 13.0. The second-order valence-electron chi connectivity index (χ2n) is 4.82. The molecule has 0 radical (unpaired) electrons. The Balaban J connectivity index is 2.24. The highest BCUT2D eigenvalue weighted by atomic mass is 16.5. The smallest absolute Gasteiger partial charge is 0.164 e. The van der Waals surface area contributed by atoms with Crippen LogP contribution >= 0.6 is 0 Å². The Morgan fingerprint density at radius 3 is 2.55 bits per heavy atom. The molecule has 0 saturated carbocycles. The maximum atomic E-state index is 11.1. The first-order valence-electron chi connectivity index (χ1n) is 6.94. The Labute approximate surface area is 129 Å². The summed E-state index contributed by atoms with van der Waals surface area (Å²) in [6.07, 6.45) is 0. The fourth-order valence-corrected chi connectivity index (χ4v) is 2.05. The normalized spacial score (nSPS) is 16.6. The predicted molar refractivity (Wildman–Crippen MR) is 83.6 cm³/mol. The second-order valence-corrected chi connectivity index (χ2v) is 4.82. The first-order valence-corrected chi connectivity index (χ1v) is 6.94. The zero-order valence-electron chi connectivity index (χ0n) is 13.0. The molecule has 0 spiro atoms. The number of methoxy groups -OCH3 is 2. The topological polar surface area (TPSA) is 69.2 Å². The predicted octanol–water partition coefficient (Wildman–Crippen LogP) is 1.83. The molecule has 6 heteroatoms. The Kier molecular flexibility index (Phi) is 5.55. The maximum absolute atomic E-state index is 11.1. The number of ketones is 1. The highest BCUT2D eigenvalue weighted by Gasteiger charge is 2.20. The Bertz CT molecular complexity index is 591. The molecule has 1 heterocycles. The number of nitrogens with zero attached hydrogens (tertiary/aromatic N) is 1. The summed E-state index contributed by atoms with van der Waals surface area (Å²) in [5, 5.41) is 3.04. The van der Waals surface area contributed by atoms with Crippen LogP contribution in [0.3, 0.4) is 0 Å². The fourth-order valence-electron chi connectivity index (χ4n) is 2.05. The monoisotopic (exact) mass is 304 g/mol. The number of ether oxygens (including phenoxy) is 3. The van der Waals surface area contributed by atoms with Gasteiger partial charge in [0, 0.05) is 0 Å². The van der Waals surface area contributed by atoms with Crippen LogP contribution in [0, 0.1) is 0 Å². The minimum absolute atomic E-state index is 0.0437. The largest absolute Gasteiger partial charge is 0.497 e. The molecule has 0 amide bonds. The van der Waals surface area contributed by atoms with Gasteiger partial charge in [-0.2, -0.15) is 0 Å². The van der Waals surface area contributed by atoms with Gasteiger partial charge in [-0.05, 0) is 31.2 Å². The zero-order chi connectivity index (χ0) is 15.9. The average molecular weight is 304 g/mol. The molecule has 1 aliphatic rings. The second kappa shape index (κ2) is 7.61. The number of hydrogen-bond acceptors (Lipinski definition) is 6. The van der Waals surface area contributed by atoms with E-state index in [-0.39, 0.29) is 12.3 Å². The van der Waals surface area contributed by atoms with Crippen LogP contribution < -0.4 is 10.1 Å². The van der Waals surface area contributed by atoms with Crippen LogP contribution in [-0.4, -0.2) is 45.5 Å². The van der Waals surface area contributed by atoms with Crippen molar-refractivity contribution in [1.29, 1.82) is 0 Å². The van der Waals surface area contributed by atoms with Gasteiger partial charge in [0.25, 0.3) is 0 Å². The fraction of sp³-hybridized carbons (Fsp3) is 0.375. The lowest BCUT2D eigenvalue weighted by atomic mass is 10.2. The molecule has 6 nitrogen and oxygen atoms in total. The van der Waals surface area contributed by atoms with E-state index in [0.717, 1.165) is 17.1 Å². The molecule has 2 rings (SSSR count). The molecule has 1 N–H and O–H groups in total. The van der Waals surface area contributed by atoms with Crippen molar-refractivity contribution in [1.82, 2.24) is 5.32 Å². The Hall–Kier alpha value is -2.34. The van der Waals surface area contributed by atoms with Crippen LogP contribution in [0.1, 0.15) is 6.92 Å². The van der Waals surface area contributed by atoms with E-state index in [2.05, 4.69) is 10.3 Å². The molecule has 22 heavy (non-hydrogen) atoms. The molecule has 0 aliphatic carbocycles. The molecule has 1 aromatic rings. The summed E-state index contributed by atoms with van der Waals surface area (Å²) in [4.78, 5) is 15.7. The van der Waals surface area contributed by atoms with Crippen molar-refractivity contribution < 1.29 is 19.0 Å². The minimum Gasteiger partial charge on any atom is -0.497 e. The summed E-state index contributed by atoms with van der Waals surface area (Å²) in [6, 6.07) is 7.40. The van der Waals surface area contributed by atoms with E-state index in [1.807, 2.05) is 24.3 Å². The van der Waals surface area contributed by atoms with Gasteiger partial charge in [-0.1, -0.05) is 0 Å². The lowest BCUT2D eigenvalue weighted by molar-refractivity contribution is -0.116. The van der Waals surface area contributed by atoms with Crippen LogP contribution in [0.2, 0.25) is 0 Å². The third-order valence-electron chi connectivity index (χ3n) is 3.11. The number of aliphatic imine (C=N–C) groups is 1. The van der Waals surface area contributed by atoms with Gasteiger partial charge in [0.05, 0.1) is 45.4 Å². The number of hydrogen-bond donors (Lipinski definition) is 1. The first-order chi connectivity index (χ1) is 10.6. The number of Topliss-reactive ketones (excluding diaryl/α,β-unsaturated/α-hetero) is 1. The number of rotatable bonds is 6. The van der Waals surface area contributed by atoms with E-state index >= 15 is 0 Å². The maximum Gasteiger partial charge on any atom is 0.164 e. The van der Waals surface area contributed by atoms with Gasteiger partial charge in [-0.25, -0.2) is 4.99 Å². The number of benzene rings is 1. The molecule has 1 aliphatic heterocycles. The first kappa shape index (κ1) is 16.0. The summed E-state index contributed by atoms with van der Waals surface area (Å²) in [5.41, 5.74) is 2.20. The van der Waals surface area contributed by atoms with Gasteiger partial charge in [0.15, 0.2) is 5.76 Å². The van der Waals surface area contributed by atoms with Crippen LogP contribution in [0.25, 0.3) is 0 Å². The third-order valence-corrected chi connectivity index (χ3v) is 3.11. The number of carbonyl (C=O) groups is 1. The molecule has 0 atom stereocenters. The number of carbonyl (C=O) groups excluding carboxylic acids is 1. The van der Waals surface area contributed by atoms with Crippen molar-refractivity contribution in [2.75, 3.05) is 34.0 Å². The Morgan fingerprint density at radius 1 is 1.23 bits per heavy atom. The van der Waals surface area contributed by atoms with Crippen molar-refractivity contribution >= 4 is 17.2 Å². The lowest BCUT2D eigenvalue weighted by Gasteiger charge is -2.22. The van der Waals surface area contributed by atoms with Crippen molar-refractivity contribution in [2.45, 2.75) is 6.92 Å². The van der Waals surface area contributed by atoms with Crippen LogP contribution in [0.15, 0.2) is 40.7 Å². The molecule has 118 valence electrons. The van der Waals surface area contributed by atoms with Crippen LogP contribution in [-0.2, 0) is 14.3 Å². The molecule has 0 fully saturated rings.